The molecule has 0 aromatic heterocycles. The molecule has 0 unspecified atom stereocenters. The summed E-state index contributed by atoms with van der Waals surface area (Å²) in [6.45, 7) is 27.3. The minimum Gasteiger partial charge on any atom is -0.872 e. The molecule has 3 heteroatoms. The molecule has 2 nitrogen and oxygen atoms in total. The van der Waals surface area contributed by atoms with Crippen molar-refractivity contribution in [1.82, 2.24) is 0 Å². The van der Waals surface area contributed by atoms with Crippen LogP contribution in [0.5, 0.6) is 11.5 Å². The minimum absolute atomic E-state index is 0. The second kappa shape index (κ2) is 13.2. The van der Waals surface area contributed by atoms with Crippen molar-refractivity contribution < 1.29 is 31.9 Å². The fourth-order valence-corrected chi connectivity index (χ4v) is 4.68. The van der Waals surface area contributed by atoms with Gasteiger partial charge in [0.15, 0.2) is 0 Å². The van der Waals surface area contributed by atoms with Crippen LogP contribution in [0.25, 0.3) is 0 Å². The summed E-state index contributed by atoms with van der Waals surface area (Å²) in [6.07, 6.45) is 0.396. The van der Waals surface area contributed by atoms with Gasteiger partial charge < -0.3 is 17.6 Å². The molecule has 1 aliphatic carbocycles. The van der Waals surface area contributed by atoms with Crippen LogP contribution in [-0.4, -0.2) is 0 Å². The van der Waals surface area contributed by atoms with Crippen molar-refractivity contribution in [2.75, 3.05) is 0 Å². The van der Waals surface area contributed by atoms with Gasteiger partial charge in [0.05, 0.1) is 0 Å². The van der Waals surface area contributed by atoms with Crippen molar-refractivity contribution in [3.63, 3.8) is 0 Å². The van der Waals surface area contributed by atoms with Crippen LogP contribution in [0.2, 0.25) is 0 Å². The van der Waals surface area contributed by atoms with Crippen LogP contribution in [0.3, 0.4) is 0 Å². The average molecular weight is 537 g/mol. The Labute approximate surface area is 244 Å². The van der Waals surface area contributed by atoms with E-state index in [2.05, 4.69) is 76.2 Å². The first-order chi connectivity index (χ1) is 15.9. The van der Waals surface area contributed by atoms with E-state index in [9.17, 15) is 10.2 Å². The summed E-state index contributed by atoms with van der Waals surface area (Å²) in [5, 5.41) is 25.9. The van der Waals surface area contributed by atoms with E-state index in [-0.39, 0.29) is 51.5 Å². The third-order valence-electron chi connectivity index (χ3n) is 7.43. The van der Waals surface area contributed by atoms with Crippen LogP contribution < -0.4 is 10.2 Å². The summed E-state index contributed by atoms with van der Waals surface area (Å²) in [5.74, 6) is 7.47. The second-order valence-electron chi connectivity index (χ2n) is 12.4. The molecule has 0 aliphatic heterocycles. The van der Waals surface area contributed by atoms with Gasteiger partial charge >= 0.3 is 21.7 Å². The van der Waals surface area contributed by atoms with Gasteiger partial charge in [-0.15, -0.1) is 11.5 Å². The normalized spacial score (nSPS) is 16.1. The summed E-state index contributed by atoms with van der Waals surface area (Å²) in [7, 11) is 0. The molecule has 3 rings (SSSR count). The van der Waals surface area contributed by atoms with E-state index in [4.69, 9.17) is 0 Å². The molecule has 0 N–H and O–H groups in total. The van der Waals surface area contributed by atoms with Gasteiger partial charge in [0.25, 0.3) is 0 Å². The number of benzene rings is 2. The molecule has 0 bridgehead atoms. The first-order valence-corrected chi connectivity index (χ1v) is 12.7. The predicted octanol–water partition coefficient (Wildman–Crippen LogP) is 8.06. The molecular formula is C34H48O2Ti+. The smallest absolute Gasteiger partial charge is 0.872 e. The molecular weight excluding hydrogens is 488 g/mol. The van der Waals surface area contributed by atoms with Crippen molar-refractivity contribution in [3.8, 4) is 11.5 Å². The van der Waals surface area contributed by atoms with Gasteiger partial charge in [-0.25, -0.2) is 0 Å². The second-order valence-corrected chi connectivity index (χ2v) is 12.4. The fraction of sp³-hybridized carbons (Fsp3) is 0.471. The maximum atomic E-state index is 12.9. The zero-order valence-electron chi connectivity index (χ0n) is 25.8. The average Bonchev–Trinajstić information content (AvgIpc) is 2.89. The van der Waals surface area contributed by atoms with Crippen molar-refractivity contribution in [2.45, 2.75) is 107 Å². The molecule has 5 radical (unpaired) electrons. The first-order valence-electron chi connectivity index (χ1n) is 12.7. The topological polar surface area (TPSA) is 46.1 Å². The van der Waals surface area contributed by atoms with Crippen molar-refractivity contribution >= 4 is 0 Å². The molecule has 199 valence electrons. The van der Waals surface area contributed by atoms with Gasteiger partial charge in [0.2, 0.25) is 0 Å². The Hall–Kier alpha value is -1.25. The van der Waals surface area contributed by atoms with Crippen LogP contribution >= 0.6 is 0 Å². The van der Waals surface area contributed by atoms with E-state index in [0.29, 0.717) is 17.5 Å². The minimum atomic E-state index is -0.207. The van der Waals surface area contributed by atoms with Crippen LogP contribution in [0.4, 0.5) is 0 Å². The van der Waals surface area contributed by atoms with Crippen LogP contribution in [0, 0.1) is 50.9 Å². The van der Waals surface area contributed by atoms with Gasteiger partial charge in [-0.05, 0) is 71.8 Å². The standard InChI is InChI=1S/C23H32O2.C10H15.CH3.Ti/c1-14-9-16(20(24)18(11-14)22(3,4)5)13-17-10-15(2)12-19(21(17)25)23(6,7)8;1-6-7(2)9(4)10(5)8(6)3;;/h9-12,24-25H,13H2,1-8H3;1-5H3;1H3;/q;;-1;+4/p-2. The Balaban J connectivity index is 0.000000913. The molecule has 2 aromatic carbocycles. The third-order valence-corrected chi connectivity index (χ3v) is 7.43. The van der Waals surface area contributed by atoms with Crippen molar-refractivity contribution in [2.24, 2.45) is 0 Å². The summed E-state index contributed by atoms with van der Waals surface area (Å²) in [5.41, 5.74) is 4.78. The molecule has 2 aromatic rings. The molecule has 0 amide bonds. The van der Waals surface area contributed by atoms with Crippen LogP contribution in [0.15, 0.2) is 24.3 Å². The summed E-state index contributed by atoms with van der Waals surface area (Å²) >= 11 is 0. The van der Waals surface area contributed by atoms with E-state index >= 15 is 0 Å². The molecule has 1 saturated carbocycles. The van der Waals surface area contributed by atoms with Crippen molar-refractivity contribution in [3.05, 3.63) is 94.7 Å². The Morgan fingerprint density at radius 2 is 0.757 bits per heavy atom. The monoisotopic (exact) mass is 536 g/mol. The number of aryl methyl sites for hydroxylation is 2. The van der Waals surface area contributed by atoms with E-state index in [0.717, 1.165) is 22.3 Å². The van der Waals surface area contributed by atoms with Gasteiger partial charge in [-0.3, -0.25) is 0 Å². The van der Waals surface area contributed by atoms with Crippen LogP contribution in [0.1, 0.15) is 110 Å². The summed E-state index contributed by atoms with van der Waals surface area (Å²) < 4.78 is 0. The van der Waals surface area contributed by atoms with Crippen molar-refractivity contribution in [1.29, 1.82) is 0 Å². The molecule has 0 spiro atoms. The Morgan fingerprint density at radius 1 is 0.514 bits per heavy atom. The number of hydrogen-bond acceptors (Lipinski definition) is 2. The van der Waals surface area contributed by atoms with Gasteiger partial charge in [0, 0.05) is 0 Å². The SMILES string of the molecule is C[C]1[C](C)[C](C)[C](C)[C]1C.Cc1cc(Cc2cc(C)cc(C(C)(C)C)c2[O-])c([O-])c(C(C)(C)C)c1.[CH3-].[Ti+4]. The zero-order valence-corrected chi connectivity index (χ0v) is 27.4. The quantitative estimate of drug-likeness (QED) is 0.288. The fourth-order valence-electron chi connectivity index (χ4n) is 4.68. The van der Waals surface area contributed by atoms with E-state index in [1.165, 1.54) is 29.6 Å². The first kappa shape index (κ1) is 35.8. The van der Waals surface area contributed by atoms with E-state index < -0.39 is 0 Å². The van der Waals surface area contributed by atoms with Gasteiger partial charge in [0.1, 0.15) is 0 Å². The summed E-state index contributed by atoms with van der Waals surface area (Å²) in [6, 6.07) is 7.80. The molecule has 1 aliphatic rings. The number of hydrogen-bond donors (Lipinski definition) is 0. The Morgan fingerprint density at radius 3 is 0.973 bits per heavy atom. The molecule has 0 atom stereocenters. The Kier molecular flexibility index (Phi) is 12.8. The maximum Gasteiger partial charge on any atom is 4.00 e. The Bertz CT molecular complexity index is 913. The maximum absolute atomic E-state index is 12.9. The van der Waals surface area contributed by atoms with E-state index in [1.807, 2.05) is 38.1 Å². The number of rotatable bonds is 2. The van der Waals surface area contributed by atoms with Gasteiger partial charge in [-0.2, -0.15) is 0 Å². The third kappa shape index (κ3) is 8.37. The molecule has 37 heavy (non-hydrogen) atoms. The molecule has 0 saturated heterocycles. The van der Waals surface area contributed by atoms with Gasteiger partial charge in [-0.1, -0.05) is 123 Å². The largest absolute Gasteiger partial charge is 4.00 e. The molecule has 0 heterocycles. The molecule has 1 fully saturated rings. The van der Waals surface area contributed by atoms with Crippen LogP contribution in [-0.2, 0) is 39.0 Å². The summed E-state index contributed by atoms with van der Waals surface area (Å²) in [4.78, 5) is 0. The zero-order chi connectivity index (χ0) is 27.0. The predicted molar refractivity (Wildman–Crippen MR) is 152 cm³/mol. The van der Waals surface area contributed by atoms with E-state index in [1.54, 1.807) is 0 Å².